The van der Waals surface area contributed by atoms with Crippen molar-refractivity contribution in [2.75, 3.05) is 0 Å². The molecule has 0 saturated carbocycles. The molecule has 0 bridgehead atoms. The lowest BCUT2D eigenvalue weighted by Gasteiger charge is -2.18. The van der Waals surface area contributed by atoms with E-state index in [0.29, 0.717) is 6.54 Å². The van der Waals surface area contributed by atoms with Gasteiger partial charge in [-0.2, -0.15) is 5.10 Å². The van der Waals surface area contributed by atoms with E-state index in [2.05, 4.69) is 25.9 Å². The summed E-state index contributed by atoms with van der Waals surface area (Å²) in [7, 11) is 0. The highest BCUT2D eigenvalue weighted by atomic mass is 19.3. The van der Waals surface area contributed by atoms with Gasteiger partial charge in [0.1, 0.15) is 5.69 Å². The average molecular weight is 202 g/mol. The Morgan fingerprint density at radius 3 is 2.36 bits per heavy atom. The molecule has 0 atom stereocenters. The number of alkyl halides is 2. The third-order valence-electron chi connectivity index (χ3n) is 1.85. The molecule has 80 valence electrons. The van der Waals surface area contributed by atoms with Gasteiger partial charge in [-0.1, -0.05) is 20.8 Å². The molecule has 0 aliphatic carbocycles. The van der Waals surface area contributed by atoms with Crippen LogP contribution in [-0.4, -0.2) is 9.78 Å². The van der Waals surface area contributed by atoms with Gasteiger partial charge >= 0.3 is 0 Å². The monoisotopic (exact) mass is 202 g/mol. The first-order valence-corrected chi connectivity index (χ1v) is 4.62. The van der Waals surface area contributed by atoms with Crippen molar-refractivity contribution in [3.05, 3.63) is 17.5 Å². The van der Waals surface area contributed by atoms with Gasteiger partial charge in [-0.15, -0.1) is 0 Å². The van der Waals surface area contributed by atoms with Crippen LogP contribution in [-0.2, 0) is 6.54 Å². The van der Waals surface area contributed by atoms with Crippen molar-refractivity contribution in [1.82, 2.24) is 9.78 Å². The number of halogens is 2. The molecule has 1 aromatic rings. The maximum Gasteiger partial charge on any atom is 0.282 e. The fourth-order valence-electron chi connectivity index (χ4n) is 1.25. The maximum absolute atomic E-state index is 12.3. The Kier molecular flexibility index (Phi) is 2.92. The van der Waals surface area contributed by atoms with Gasteiger partial charge in [0.2, 0.25) is 0 Å². The van der Waals surface area contributed by atoms with Crippen molar-refractivity contribution < 1.29 is 8.78 Å². The van der Waals surface area contributed by atoms with Crippen LogP contribution in [0.5, 0.6) is 0 Å². The molecular formula is C10H16F2N2. The molecule has 0 aliphatic rings. The zero-order valence-electron chi connectivity index (χ0n) is 9.01. The summed E-state index contributed by atoms with van der Waals surface area (Å²) in [5, 5.41) is 3.86. The van der Waals surface area contributed by atoms with Crippen LogP contribution < -0.4 is 0 Å². The van der Waals surface area contributed by atoms with Gasteiger partial charge in [-0.05, 0) is 18.4 Å². The summed E-state index contributed by atoms with van der Waals surface area (Å²) in [5.74, 6) is 0. The SMILES string of the molecule is Cc1cc(C(F)F)nn1CC(C)(C)C. The Hall–Kier alpha value is -0.930. The fourth-order valence-corrected chi connectivity index (χ4v) is 1.25. The molecule has 0 amide bonds. The molecule has 4 heteroatoms. The third kappa shape index (κ3) is 2.79. The predicted molar refractivity (Wildman–Crippen MR) is 51.4 cm³/mol. The Morgan fingerprint density at radius 1 is 1.43 bits per heavy atom. The molecule has 1 aromatic heterocycles. The molecule has 0 aliphatic heterocycles. The molecule has 0 fully saturated rings. The quantitative estimate of drug-likeness (QED) is 0.720. The van der Waals surface area contributed by atoms with Crippen molar-refractivity contribution in [3.63, 3.8) is 0 Å². The van der Waals surface area contributed by atoms with Gasteiger partial charge in [0.25, 0.3) is 6.43 Å². The maximum atomic E-state index is 12.3. The van der Waals surface area contributed by atoms with E-state index >= 15 is 0 Å². The lowest BCUT2D eigenvalue weighted by molar-refractivity contribution is 0.144. The van der Waals surface area contributed by atoms with Gasteiger partial charge in [-0.3, -0.25) is 4.68 Å². The van der Waals surface area contributed by atoms with E-state index in [9.17, 15) is 8.78 Å². The fraction of sp³-hybridized carbons (Fsp3) is 0.700. The minimum Gasteiger partial charge on any atom is -0.269 e. The van der Waals surface area contributed by atoms with Crippen molar-refractivity contribution in [2.45, 2.75) is 40.7 Å². The second-order valence-electron chi connectivity index (χ2n) is 4.73. The number of nitrogens with zero attached hydrogens (tertiary/aromatic N) is 2. The molecule has 1 rings (SSSR count). The average Bonchev–Trinajstić information content (AvgIpc) is 2.29. The first-order valence-electron chi connectivity index (χ1n) is 4.62. The third-order valence-corrected chi connectivity index (χ3v) is 1.85. The summed E-state index contributed by atoms with van der Waals surface area (Å²) in [6, 6.07) is 1.44. The molecule has 0 saturated heterocycles. The van der Waals surface area contributed by atoms with Crippen molar-refractivity contribution in [1.29, 1.82) is 0 Å². The summed E-state index contributed by atoms with van der Waals surface area (Å²) >= 11 is 0. The summed E-state index contributed by atoms with van der Waals surface area (Å²) in [6.07, 6.45) is -2.48. The first kappa shape index (κ1) is 11.1. The minimum atomic E-state index is -2.48. The normalized spacial score (nSPS) is 12.5. The molecule has 2 nitrogen and oxygen atoms in total. The van der Waals surface area contributed by atoms with Crippen LogP contribution in [0.1, 0.15) is 38.6 Å². The zero-order valence-corrected chi connectivity index (χ0v) is 9.01. The molecule has 0 radical (unpaired) electrons. The molecule has 0 unspecified atom stereocenters. The Bertz CT molecular complexity index is 310. The van der Waals surface area contributed by atoms with Crippen molar-refractivity contribution in [3.8, 4) is 0 Å². The molecule has 0 aromatic carbocycles. The molecule has 0 N–H and O–H groups in total. The summed E-state index contributed by atoms with van der Waals surface area (Å²) in [4.78, 5) is 0. The number of aromatic nitrogens is 2. The topological polar surface area (TPSA) is 17.8 Å². The van der Waals surface area contributed by atoms with Crippen LogP contribution in [0.25, 0.3) is 0 Å². The van der Waals surface area contributed by atoms with E-state index in [-0.39, 0.29) is 11.1 Å². The van der Waals surface area contributed by atoms with E-state index < -0.39 is 6.43 Å². The van der Waals surface area contributed by atoms with Crippen LogP contribution in [0.15, 0.2) is 6.07 Å². The number of rotatable bonds is 2. The lowest BCUT2D eigenvalue weighted by atomic mass is 9.97. The first-order chi connectivity index (χ1) is 6.29. The molecule has 1 heterocycles. The predicted octanol–water partition coefficient (Wildman–Crippen LogP) is 3.18. The lowest BCUT2D eigenvalue weighted by Crippen LogP contribution is -2.17. The molecule has 0 spiro atoms. The summed E-state index contributed by atoms with van der Waals surface area (Å²) in [6.45, 7) is 8.61. The van der Waals surface area contributed by atoms with Gasteiger partial charge in [-0.25, -0.2) is 8.78 Å². The van der Waals surface area contributed by atoms with E-state index in [1.807, 2.05) is 0 Å². The van der Waals surface area contributed by atoms with Crippen molar-refractivity contribution in [2.24, 2.45) is 5.41 Å². The van der Waals surface area contributed by atoms with Crippen LogP contribution in [0.2, 0.25) is 0 Å². The second-order valence-corrected chi connectivity index (χ2v) is 4.73. The zero-order chi connectivity index (χ0) is 10.9. The smallest absolute Gasteiger partial charge is 0.269 e. The standard InChI is InChI=1S/C10H16F2N2/c1-7-5-8(9(11)12)13-14(7)6-10(2,3)4/h5,9H,6H2,1-4H3. The Labute approximate surface area is 82.9 Å². The number of aryl methyl sites for hydroxylation is 1. The second kappa shape index (κ2) is 3.67. The Morgan fingerprint density at radius 2 is 2.00 bits per heavy atom. The van der Waals surface area contributed by atoms with E-state index in [1.165, 1.54) is 6.07 Å². The van der Waals surface area contributed by atoms with Gasteiger partial charge < -0.3 is 0 Å². The highest BCUT2D eigenvalue weighted by Crippen LogP contribution is 2.21. The van der Waals surface area contributed by atoms with Gasteiger partial charge in [0.05, 0.1) is 0 Å². The summed E-state index contributed by atoms with van der Waals surface area (Å²) in [5.41, 5.74) is 0.706. The minimum absolute atomic E-state index is 0.0518. The van der Waals surface area contributed by atoms with E-state index in [0.717, 1.165) is 5.69 Å². The van der Waals surface area contributed by atoms with Crippen LogP contribution in [0.3, 0.4) is 0 Å². The largest absolute Gasteiger partial charge is 0.282 e. The van der Waals surface area contributed by atoms with Crippen LogP contribution >= 0.6 is 0 Å². The Balaban J connectivity index is 2.88. The van der Waals surface area contributed by atoms with Gasteiger partial charge in [0.15, 0.2) is 0 Å². The van der Waals surface area contributed by atoms with Crippen LogP contribution in [0, 0.1) is 12.3 Å². The van der Waals surface area contributed by atoms with E-state index in [4.69, 9.17) is 0 Å². The van der Waals surface area contributed by atoms with E-state index in [1.54, 1.807) is 11.6 Å². The highest BCUT2D eigenvalue weighted by molar-refractivity contribution is 5.09. The van der Waals surface area contributed by atoms with Crippen LogP contribution in [0.4, 0.5) is 8.78 Å². The number of hydrogen-bond acceptors (Lipinski definition) is 1. The highest BCUT2D eigenvalue weighted by Gasteiger charge is 2.17. The number of hydrogen-bond donors (Lipinski definition) is 0. The van der Waals surface area contributed by atoms with Crippen molar-refractivity contribution >= 4 is 0 Å². The summed E-state index contributed by atoms with van der Waals surface area (Å²) < 4.78 is 26.3. The molecule has 14 heavy (non-hydrogen) atoms. The van der Waals surface area contributed by atoms with Gasteiger partial charge in [0, 0.05) is 12.2 Å². The molecular weight excluding hydrogens is 186 g/mol.